The van der Waals surface area contributed by atoms with Crippen LogP contribution >= 0.6 is 0 Å². The van der Waals surface area contributed by atoms with Crippen molar-refractivity contribution < 1.29 is 34.7 Å². The summed E-state index contributed by atoms with van der Waals surface area (Å²) in [7, 11) is 0. The van der Waals surface area contributed by atoms with Gasteiger partial charge >= 0.3 is 0 Å². The molecule has 0 aliphatic rings. The van der Waals surface area contributed by atoms with Gasteiger partial charge in [0.25, 0.3) is 0 Å². The van der Waals surface area contributed by atoms with Crippen molar-refractivity contribution in [3.05, 3.63) is 90.8 Å². The molecule has 0 unspecified atom stereocenters. The molecule has 1 aromatic heterocycles. The van der Waals surface area contributed by atoms with Crippen LogP contribution in [0.15, 0.2) is 84.8 Å². The number of aliphatic hydroxyl groups is 1. The second kappa shape index (κ2) is 11.6. The van der Waals surface area contributed by atoms with Crippen LogP contribution in [0.3, 0.4) is 0 Å². The Morgan fingerprint density at radius 3 is 2.00 bits per heavy atom. The molecule has 4 aromatic rings. The average molecular weight is 647 g/mol. The number of allylic oxidation sites excluding steroid dienone is 2. The molecule has 0 aliphatic carbocycles. The Balaban J connectivity index is 0.000000271. The zero-order valence-corrected chi connectivity index (χ0v) is 23.4. The van der Waals surface area contributed by atoms with Crippen LogP contribution in [0.2, 0.25) is 0 Å². The summed E-state index contributed by atoms with van der Waals surface area (Å²) in [6.07, 6.45) is 3.18. The number of hydrogen-bond acceptors (Lipinski definition) is 4. The molecule has 4 rings (SSSR count). The molecule has 185 valence electrons. The van der Waals surface area contributed by atoms with E-state index in [-0.39, 0.29) is 37.1 Å². The molecule has 0 saturated heterocycles. The van der Waals surface area contributed by atoms with Gasteiger partial charge in [0.15, 0.2) is 5.78 Å². The number of para-hydroxylation sites is 1. The maximum atomic E-state index is 11.5. The fourth-order valence-corrected chi connectivity index (χ4v) is 2.98. The van der Waals surface area contributed by atoms with Crippen LogP contribution in [0.5, 0.6) is 11.6 Å². The van der Waals surface area contributed by atoms with Crippen LogP contribution in [0, 0.1) is 16.9 Å². The normalized spacial score (nSPS) is 11.9. The number of aromatic nitrogens is 1. The Kier molecular flexibility index (Phi) is 9.37. The third-order valence-corrected chi connectivity index (χ3v) is 5.23. The molecule has 0 aliphatic heterocycles. The maximum absolute atomic E-state index is 11.5. The molecule has 1 radical (unpaired) electrons. The number of nitrogens with zero attached hydrogens (tertiary/aromatic N) is 1. The summed E-state index contributed by atoms with van der Waals surface area (Å²) < 4.78 is 5.73. The average Bonchev–Trinajstić information content (AvgIpc) is 2.77. The summed E-state index contributed by atoms with van der Waals surface area (Å²) in [5.41, 5.74) is -0.764. The van der Waals surface area contributed by atoms with Crippen LogP contribution in [0.25, 0.3) is 21.5 Å². The molecular weight excluding hydrogens is 615 g/mol. The van der Waals surface area contributed by atoms with Gasteiger partial charge in [-0.3, -0.25) is 4.79 Å². The molecule has 0 fully saturated rings. The molecule has 35 heavy (non-hydrogen) atoms. The number of hydrogen-bond donors (Lipinski definition) is 1. The first-order chi connectivity index (χ1) is 15.9. The minimum atomic E-state index is -0.417. The van der Waals surface area contributed by atoms with E-state index in [1.807, 2.05) is 90.2 Å². The smallest absolute Gasteiger partial charge is 0.217 e. The van der Waals surface area contributed by atoms with Gasteiger partial charge in [-0.05, 0) is 28.3 Å². The molecular formula is C30H32IrNO3-. The zero-order chi connectivity index (χ0) is 24.9. The van der Waals surface area contributed by atoms with Gasteiger partial charge in [0.1, 0.15) is 5.76 Å². The van der Waals surface area contributed by atoms with Crippen molar-refractivity contribution in [3.8, 4) is 11.6 Å². The molecule has 3 aromatic carbocycles. The van der Waals surface area contributed by atoms with E-state index in [4.69, 9.17) is 4.74 Å². The van der Waals surface area contributed by atoms with E-state index >= 15 is 0 Å². The van der Waals surface area contributed by atoms with E-state index in [0.717, 1.165) is 10.8 Å². The molecule has 0 spiro atoms. The minimum Gasteiger partial charge on any atom is -0.512 e. The second-order valence-electron chi connectivity index (χ2n) is 10.3. The number of carbonyl (C=O) groups is 1. The van der Waals surface area contributed by atoms with Gasteiger partial charge in [0.05, 0.1) is 0 Å². The first-order valence-electron chi connectivity index (χ1n) is 11.3. The monoisotopic (exact) mass is 647 g/mol. The van der Waals surface area contributed by atoms with Crippen LogP contribution in [-0.2, 0) is 24.9 Å². The number of aliphatic hydroxyl groups excluding tert-OH is 1. The Morgan fingerprint density at radius 1 is 0.857 bits per heavy atom. The number of pyridine rings is 1. The van der Waals surface area contributed by atoms with Gasteiger partial charge in [-0.15, -0.1) is 12.1 Å². The van der Waals surface area contributed by atoms with Crippen molar-refractivity contribution in [2.75, 3.05) is 0 Å². The second-order valence-corrected chi connectivity index (χ2v) is 10.3. The van der Waals surface area contributed by atoms with Crippen LogP contribution in [0.1, 0.15) is 41.5 Å². The third kappa shape index (κ3) is 8.02. The molecule has 1 heterocycles. The Labute approximate surface area is 221 Å². The van der Waals surface area contributed by atoms with Gasteiger partial charge in [-0.1, -0.05) is 65.8 Å². The van der Waals surface area contributed by atoms with E-state index in [9.17, 15) is 9.90 Å². The summed E-state index contributed by atoms with van der Waals surface area (Å²) in [6, 6.07) is 25.1. The summed E-state index contributed by atoms with van der Waals surface area (Å²) >= 11 is 0. The van der Waals surface area contributed by atoms with E-state index in [1.54, 1.807) is 0 Å². The summed E-state index contributed by atoms with van der Waals surface area (Å²) in [5, 5.41) is 14.2. The van der Waals surface area contributed by atoms with E-state index < -0.39 is 5.41 Å². The predicted octanol–water partition coefficient (Wildman–Crippen LogP) is 8.07. The van der Waals surface area contributed by atoms with Gasteiger partial charge in [-0.2, -0.15) is 18.2 Å². The molecule has 0 amide bonds. The number of ether oxygens (including phenoxy) is 1. The fraction of sp³-hybridized carbons (Fsp3) is 0.267. The summed E-state index contributed by atoms with van der Waals surface area (Å²) in [4.78, 5) is 15.9. The number of rotatable bonds is 3. The van der Waals surface area contributed by atoms with Crippen molar-refractivity contribution in [3.63, 3.8) is 0 Å². The molecule has 5 heteroatoms. The first kappa shape index (κ1) is 28.2. The zero-order valence-electron chi connectivity index (χ0n) is 21.0. The minimum absolute atomic E-state index is 0. The van der Waals surface area contributed by atoms with Crippen LogP contribution < -0.4 is 4.74 Å². The van der Waals surface area contributed by atoms with Crippen molar-refractivity contribution in [2.45, 2.75) is 41.5 Å². The van der Waals surface area contributed by atoms with Crippen LogP contribution in [-0.4, -0.2) is 15.9 Å². The van der Waals surface area contributed by atoms with Crippen molar-refractivity contribution in [1.29, 1.82) is 0 Å². The fourth-order valence-electron chi connectivity index (χ4n) is 2.98. The topological polar surface area (TPSA) is 59.4 Å². The van der Waals surface area contributed by atoms with Crippen LogP contribution in [0.4, 0.5) is 0 Å². The third-order valence-electron chi connectivity index (χ3n) is 5.23. The molecule has 4 nitrogen and oxygen atoms in total. The largest absolute Gasteiger partial charge is 0.512 e. The van der Waals surface area contributed by atoms with Gasteiger partial charge in [0.2, 0.25) is 5.88 Å². The standard InChI is InChI=1S/C19H12NO.C11H20O2.Ir/c1-2-8-18(9-3-1)21-19-12-16-10-14-6-4-5-7-15(14)11-17(16)13-20-19;1-10(2,3)8(12)7-9(13)11(4,5)6;/h1-8,10-13H;7,12H,1-6H3;/q-1;;/b;8-7-;. The molecule has 0 atom stereocenters. The number of ketones is 1. The maximum Gasteiger partial charge on any atom is 0.217 e. The predicted molar refractivity (Wildman–Crippen MR) is 139 cm³/mol. The number of benzene rings is 3. The van der Waals surface area contributed by atoms with E-state index in [1.165, 1.54) is 16.8 Å². The van der Waals surface area contributed by atoms with Gasteiger partial charge in [-0.25, -0.2) is 4.98 Å². The first-order valence-corrected chi connectivity index (χ1v) is 11.3. The number of carbonyl (C=O) groups excluding carboxylic acids is 1. The molecule has 0 bridgehead atoms. The Hall–Kier alpha value is -3.01. The molecule has 0 saturated carbocycles. The van der Waals surface area contributed by atoms with E-state index in [2.05, 4.69) is 35.3 Å². The summed E-state index contributed by atoms with van der Waals surface area (Å²) in [6.45, 7) is 11.1. The van der Waals surface area contributed by atoms with Crippen molar-refractivity contribution >= 4 is 27.3 Å². The van der Waals surface area contributed by atoms with Gasteiger partial charge < -0.3 is 9.84 Å². The number of fused-ring (bicyclic) bond motifs is 2. The Bertz CT molecular complexity index is 1320. The van der Waals surface area contributed by atoms with Gasteiger partial charge in [0, 0.05) is 60.4 Å². The SMILES string of the molecule is CC(C)(C)C(=O)/C=C(\O)C(C)(C)C.[Ir].[c-]1ccccc1Oc1cc2cc3ccccc3cc2cn1. The molecule has 1 N–H and O–H groups in total. The quantitative estimate of drug-likeness (QED) is 0.106. The van der Waals surface area contributed by atoms with Crippen molar-refractivity contribution in [1.82, 2.24) is 4.98 Å². The van der Waals surface area contributed by atoms with Crippen molar-refractivity contribution in [2.24, 2.45) is 10.8 Å². The Morgan fingerprint density at radius 2 is 1.46 bits per heavy atom. The van der Waals surface area contributed by atoms with E-state index in [0.29, 0.717) is 11.6 Å². The summed E-state index contributed by atoms with van der Waals surface area (Å²) in [5.74, 6) is 1.36.